The van der Waals surface area contributed by atoms with Crippen LogP contribution >= 0.6 is 0 Å². The van der Waals surface area contributed by atoms with Crippen molar-refractivity contribution in [1.82, 2.24) is 10.2 Å². The van der Waals surface area contributed by atoms with Crippen LogP contribution in [0.15, 0.2) is 48.5 Å². The number of likely N-dealkylation sites (tertiary alicyclic amines) is 1. The van der Waals surface area contributed by atoms with Crippen molar-refractivity contribution in [1.29, 1.82) is 0 Å². The number of carboxylic acids is 1. The molecule has 0 saturated carbocycles. The summed E-state index contributed by atoms with van der Waals surface area (Å²) in [5, 5.41) is 11.9. The second kappa shape index (κ2) is 9.65. The van der Waals surface area contributed by atoms with E-state index in [1.54, 1.807) is 18.7 Å². The maximum absolute atomic E-state index is 12.9. The van der Waals surface area contributed by atoms with Crippen molar-refractivity contribution in [3.63, 3.8) is 0 Å². The van der Waals surface area contributed by atoms with Gasteiger partial charge < -0.3 is 20.1 Å². The normalized spacial score (nSPS) is 18.8. The highest BCUT2D eigenvalue weighted by molar-refractivity contribution is 5.82. The van der Waals surface area contributed by atoms with Gasteiger partial charge in [0.1, 0.15) is 6.61 Å². The minimum atomic E-state index is -0.905. The lowest BCUT2D eigenvalue weighted by Crippen LogP contribution is -2.47. The van der Waals surface area contributed by atoms with Gasteiger partial charge in [-0.25, -0.2) is 4.79 Å². The van der Waals surface area contributed by atoms with E-state index in [1.165, 1.54) is 0 Å². The Labute approximate surface area is 193 Å². The average Bonchev–Trinajstić information content (AvgIpc) is 3.38. The lowest BCUT2D eigenvalue weighted by Gasteiger charge is -2.29. The summed E-state index contributed by atoms with van der Waals surface area (Å²) in [6, 6.07) is 15.6. The van der Waals surface area contributed by atoms with Crippen LogP contribution in [0.4, 0.5) is 4.79 Å². The zero-order valence-electron chi connectivity index (χ0n) is 19.0. The topological polar surface area (TPSA) is 95.9 Å². The summed E-state index contributed by atoms with van der Waals surface area (Å²) in [5.74, 6) is -1.55. The van der Waals surface area contributed by atoms with Crippen molar-refractivity contribution in [2.45, 2.75) is 51.1 Å². The van der Waals surface area contributed by atoms with E-state index in [4.69, 9.17) is 9.84 Å². The fourth-order valence-electron chi connectivity index (χ4n) is 4.97. The number of aliphatic carboxylic acids is 1. The van der Waals surface area contributed by atoms with Crippen LogP contribution in [0.5, 0.6) is 0 Å². The van der Waals surface area contributed by atoms with E-state index in [0.29, 0.717) is 13.0 Å². The number of benzene rings is 2. The molecule has 2 aromatic rings. The number of carboxylic acid groups (broad SMARTS) is 1. The molecule has 2 amide bonds. The molecule has 1 aliphatic carbocycles. The van der Waals surface area contributed by atoms with Crippen LogP contribution in [0.25, 0.3) is 11.1 Å². The minimum Gasteiger partial charge on any atom is -0.481 e. The van der Waals surface area contributed by atoms with Crippen molar-refractivity contribution in [3.05, 3.63) is 59.7 Å². The van der Waals surface area contributed by atoms with Gasteiger partial charge in [0.2, 0.25) is 5.91 Å². The molecule has 1 heterocycles. The highest BCUT2D eigenvalue weighted by Gasteiger charge is 2.35. The molecule has 0 bridgehead atoms. The van der Waals surface area contributed by atoms with Crippen molar-refractivity contribution in [2.24, 2.45) is 5.92 Å². The van der Waals surface area contributed by atoms with Crippen LogP contribution in [0.1, 0.15) is 50.2 Å². The molecule has 2 aromatic carbocycles. The summed E-state index contributed by atoms with van der Waals surface area (Å²) >= 11 is 0. The summed E-state index contributed by atoms with van der Waals surface area (Å²) in [6.07, 6.45) is 0.878. The summed E-state index contributed by atoms with van der Waals surface area (Å²) in [6.45, 7) is 4.29. The number of nitrogens with zero attached hydrogens (tertiary/aromatic N) is 1. The number of amides is 2. The molecule has 3 unspecified atom stereocenters. The Balaban J connectivity index is 1.34. The molecular weight excluding hydrogens is 420 g/mol. The van der Waals surface area contributed by atoms with Crippen LogP contribution in [-0.2, 0) is 14.3 Å². The Hall–Kier alpha value is -3.35. The first kappa shape index (κ1) is 22.8. The molecule has 7 heteroatoms. The van der Waals surface area contributed by atoms with Gasteiger partial charge in [0.15, 0.2) is 0 Å². The first-order chi connectivity index (χ1) is 15.9. The van der Waals surface area contributed by atoms with Gasteiger partial charge in [0, 0.05) is 24.5 Å². The SMILES string of the molecule is CC(NC(=O)OCC1c2ccccc2-c2ccccc21)C(C)C(=O)N1CCCC1CC(=O)O. The zero-order valence-corrected chi connectivity index (χ0v) is 19.0. The number of nitrogens with one attached hydrogen (secondary N) is 1. The van der Waals surface area contributed by atoms with Crippen LogP contribution in [0.2, 0.25) is 0 Å². The predicted molar refractivity (Wildman–Crippen MR) is 124 cm³/mol. The number of carbonyl (C=O) groups is 3. The average molecular weight is 451 g/mol. The number of hydrogen-bond acceptors (Lipinski definition) is 4. The monoisotopic (exact) mass is 450 g/mol. The third-order valence-electron chi connectivity index (χ3n) is 6.90. The van der Waals surface area contributed by atoms with E-state index in [9.17, 15) is 14.4 Å². The highest BCUT2D eigenvalue weighted by atomic mass is 16.5. The summed E-state index contributed by atoms with van der Waals surface area (Å²) in [5.41, 5.74) is 4.61. The molecule has 7 nitrogen and oxygen atoms in total. The van der Waals surface area contributed by atoms with Gasteiger partial charge in [0.05, 0.1) is 12.3 Å². The lowest BCUT2D eigenvalue weighted by molar-refractivity contribution is -0.141. The minimum absolute atomic E-state index is 0.0288. The van der Waals surface area contributed by atoms with Crippen LogP contribution in [-0.4, -0.2) is 53.2 Å². The maximum Gasteiger partial charge on any atom is 0.407 e. The van der Waals surface area contributed by atoms with Gasteiger partial charge in [-0.05, 0) is 42.0 Å². The Kier molecular flexibility index (Phi) is 6.67. The molecular formula is C26H30N2O5. The molecule has 33 heavy (non-hydrogen) atoms. The molecule has 174 valence electrons. The van der Waals surface area contributed by atoms with Gasteiger partial charge in [0.25, 0.3) is 0 Å². The second-order valence-corrected chi connectivity index (χ2v) is 8.97. The summed E-state index contributed by atoms with van der Waals surface area (Å²) in [4.78, 5) is 38.2. The molecule has 0 radical (unpaired) electrons. The Morgan fingerprint density at radius 1 is 1.06 bits per heavy atom. The Bertz CT molecular complexity index is 1010. The molecule has 1 aliphatic heterocycles. The first-order valence-corrected chi connectivity index (χ1v) is 11.5. The van der Waals surface area contributed by atoms with E-state index in [0.717, 1.165) is 28.7 Å². The Morgan fingerprint density at radius 3 is 2.27 bits per heavy atom. The van der Waals surface area contributed by atoms with E-state index >= 15 is 0 Å². The van der Waals surface area contributed by atoms with Gasteiger partial charge in [-0.1, -0.05) is 55.5 Å². The van der Waals surface area contributed by atoms with Crippen molar-refractivity contribution >= 4 is 18.0 Å². The second-order valence-electron chi connectivity index (χ2n) is 8.97. The number of fused-ring (bicyclic) bond motifs is 3. The quantitative estimate of drug-likeness (QED) is 0.664. The van der Waals surface area contributed by atoms with Crippen LogP contribution < -0.4 is 5.32 Å². The van der Waals surface area contributed by atoms with E-state index in [-0.39, 0.29) is 30.9 Å². The lowest BCUT2D eigenvalue weighted by atomic mass is 9.98. The summed E-state index contributed by atoms with van der Waals surface area (Å²) < 4.78 is 5.59. The number of carbonyl (C=O) groups excluding carboxylic acids is 2. The standard InChI is InChI=1S/C26H30N2O5/c1-16(25(31)28-13-7-8-18(28)14-24(29)30)17(2)27-26(32)33-15-23-21-11-5-3-9-19(21)20-10-4-6-12-22(20)23/h3-6,9-12,16-18,23H,7-8,13-15H2,1-2H3,(H,27,32)(H,29,30). The molecule has 4 rings (SSSR count). The molecule has 3 atom stereocenters. The van der Waals surface area contributed by atoms with Gasteiger partial charge in [-0.2, -0.15) is 0 Å². The zero-order chi connectivity index (χ0) is 23.5. The largest absolute Gasteiger partial charge is 0.481 e. The van der Waals surface area contributed by atoms with Crippen molar-refractivity contribution < 1.29 is 24.2 Å². The van der Waals surface area contributed by atoms with Gasteiger partial charge >= 0.3 is 12.1 Å². The van der Waals surface area contributed by atoms with Crippen molar-refractivity contribution in [2.75, 3.05) is 13.2 Å². The number of ether oxygens (including phenoxy) is 1. The molecule has 2 N–H and O–H groups in total. The molecule has 0 spiro atoms. The maximum atomic E-state index is 12.9. The van der Waals surface area contributed by atoms with E-state index in [2.05, 4.69) is 29.6 Å². The molecule has 2 aliphatic rings. The first-order valence-electron chi connectivity index (χ1n) is 11.5. The number of rotatable bonds is 7. The fraction of sp³-hybridized carbons (Fsp3) is 0.423. The molecule has 0 aromatic heterocycles. The number of hydrogen-bond donors (Lipinski definition) is 2. The molecule has 1 saturated heterocycles. The Morgan fingerprint density at radius 2 is 1.67 bits per heavy atom. The fourth-order valence-corrected chi connectivity index (χ4v) is 4.97. The highest BCUT2D eigenvalue weighted by Crippen LogP contribution is 2.44. The van der Waals surface area contributed by atoms with Gasteiger partial charge in [-0.3, -0.25) is 9.59 Å². The molecule has 1 fully saturated rings. The smallest absolute Gasteiger partial charge is 0.407 e. The van der Waals surface area contributed by atoms with E-state index in [1.807, 2.05) is 24.3 Å². The predicted octanol–water partition coefficient (Wildman–Crippen LogP) is 4.02. The van der Waals surface area contributed by atoms with Crippen molar-refractivity contribution in [3.8, 4) is 11.1 Å². The number of alkyl carbamates (subject to hydrolysis) is 1. The van der Waals surface area contributed by atoms with Gasteiger partial charge in [-0.15, -0.1) is 0 Å². The third-order valence-corrected chi connectivity index (χ3v) is 6.90. The van der Waals surface area contributed by atoms with Crippen LogP contribution in [0, 0.1) is 5.92 Å². The van der Waals surface area contributed by atoms with Crippen LogP contribution in [0.3, 0.4) is 0 Å². The van der Waals surface area contributed by atoms with E-state index < -0.39 is 24.0 Å². The third kappa shape index (κ3) is 4.72. The summed E-state index contributed by atoms with van der Waals surface area (Å²) in [7, 11) is 0.